The molecule has 0 radical (unpaired) electrons. The third kappa shape index (κ3) is 5.59. The summed E-state index contributed by atoms with van der Waals surface area (Å²) in [6, 6.07) is 0. The van der Waals surface area contributed by atoms with E-state index in [1.165, 1.54) is 6.42 Å². The van der Waals surface area contributed by atoms with Crippen molar-refractivity contribution in [3.05, 3.63) is 0 Å². The first-order valence-electron chi connectivity index (χ1n) is 8.47. The van der Waals surface area contributed by atoms with Crippen molar-refractivity contribution in [2.45, 2.75) is 69.1 Å². The standard InChI is InChI=1S/C17H20N4S4/c22-10-18-16(19-11-23)5-1-14(2-6-16)9-15-3-7-17(8-4-15,20-12-24)21-13-25/h14-15H,1-9H2. The number of hydrogen-bond donors (Lipinski definition) is 0. The van der Waals surface area contributed by atoms with Crippen LogP contribution in [0.15, 0.2) is 20.0 Å². The van der Waals surface area contributed by atoms with Crippen LogP contribution in [0.2, 0.25) is 0 Å². The Kier molecular flexibility index (Phi) is 8.02. The summed E-state index contributed by atoms with van der Waals surface area (Å²) in [5.74, 6) is 1.38. The Bertz CT molecular complexity index is 567. The van der Waals surface area contributed by atoms with Crippen LogP contribution in [-0.4, -0.2) is 32.0 Å². The Labute approximate surface area is 170 Å². The molecule has 0 N–H and O–H groups in total. The fraction of sp³-hybridized carbons (Fsp3) is 0.765. The van der Waals surface area contributed by atoms with Crippen LogP contribution < -0.4 is 0 Å². The highest BCUT2D eigenvalue weighted by atomic mass is 32.1. The first-order chi connectivity index (χ1) is 12.1. The molecule has 0 aromatic carbocycles. The SMILES string of the molecule is S=C=NC1(N=C=S)CCC(CC2CCC(N=C=S)(N=C=S)CC2)CC1. The van der Waals surface area contributed by atoms with Gasteiger partial charge in [0.05, 0.1) is 20.6 Å². The molecular weight excluding hydrogens is 388 g/mol. The maximum absolute atomic E-state index is 4.76. The van der Waals surface area contributed by atoms with Gasteiger partial charge in [-0.15, -0.1) is 0 Å². The van der Waals surface area contributed by atoms with E-state index in [9.17, 15) is 0 Å². The molecule has 0 heterocycles. The highest BCUT2D eigenvalue weighted by molar-refractivity contribution is 7.78. The van der Waals surface area contributed by atoms with Gasteiger partial charge in [0.2, 0.25) is 0 Å². The van der Waals surface area contributed by atoms with Gasteiger partial charge < -0.3 is 0 Å². The van der Waals surface area contributed by atoms with Crippen molar-refractivity contribution in [3.8, 4) is 0 Å². The van der Waals surface area contributed by atoms with Crippen molar-refractivity contribution >= 4 is 69.5 Å². The number of aliphatic imine (C=N–C) groups is 4. The average Bonchev–Trinajstić information content (AvgIpc) is 2.60. The summed E-state index contributed by atoms with van der Waals surface area (Å²) in [5, 5.41) is 9.88. The van der Waals surface area contributed by atoms with Crippen LogP contribution in [0.4, 0.5) is 0 Å². The highest BCUT2D eigenvalue weighted by Gasteiger charge is 2.38. The molecule has 2 aliphatic carbocycles. The Morgan fingerprint density at radius 2 is 0.880 bits per heavy atom. The van der Waals surface area contributed by atoms with Crippen LogP contribution >= 0.6 is 48.9 Å². The molecule has 2 fully saturated rings. The van der Waals surface area contributed by atoms with E-state index in [2.05, 4.69) is 40.6 Å². The molecule has 132 valence electrons. The molecule has 25 heavy (non-hydrogen) atoms. The Hall–Kier alpha value is -0.800. The molecule has 2 aliphatic rings. The Morgan fingerprint density at radius 1 is 0.600 bits per heavy atom. The molecule has 0 aliphatic heterocycles. The minimum Gasteiger partial charge on any atom is -0.201 e. The van der Waals surface area contributed by atoms with E-state index in [1.807, 2.05) is 0 Å². The van der Waals surface area contributed by atoms with Crippen molar-refractivity contribution in [1.82, 2.24) is 0 Å². The van der Waals surface area contributed by atoms with Gasteiger partial charge in [0.1, 0.15) is 0 Å². The minimum absolute atomic E-state index is 0.510. The van der Waals surface area contributed by atoms with Gasteiger partial charge in [-0.2, -0.15) is 0 Å². The van der Waals surface area contributed by atoms with E-state index in [0.717, 1.165) is 51.4 Å². The maximum atomic E-state index is 4.76. The van der Waals surface area contributed by atoms with Gasteiger partial charge in [-0.25, -0.2) is 20.0 Å². The molecule has 0 saturated heterocycles. The molecule has 0 aromatic heterocycles. The fourth-order valence-corrected chi connectivity index (χ4v) is 4.74. The maximum Gasteiger partial charge on any atom is 0.170 e. The molecule has 0 bridgehead atoms. The summed E-state index contributed by atoms with van der Waals surface area (Å²) in [4.78, 5) is 17.0. The monoisotopic (exact) mass is 408 g/mol. The van der Waals surface area contributed by atoms with Crippen molar-refractivity contribution < 1.29 is 0 Å². The molecule has 0 spiro atoms. The lowest BCUT2D eigenvalue weighted by Gasteiger charge is -2.37. The Morgan fingerprint density at radius 3 is 1.12 bits per heavy atom. The van der Waals surface area contributed by atoms with Crippen LogP contribution in [-0.2, 0) is 0 Å². The lowest BCUT2D eigenvalue weighted by atomic mass is 9.73. The van der Waals surface area contributed by atoms with Gasteiger partial charge in [-0.1, -0.05) is 0 Å². The predicted octanol–water partition coefficient (Wildman–Crippen LogP) is 5.56. The summed E-state index contributed by atoms with van der Waals surface area (Å²) in [5.41, 5.74) is -1.02. The molecule has 8 heteroatoms. The van der Waals surface area contributed by atoms with Gasteiger partial charge in [0.15, 0.2) is 11.3 Å². The van der Waals surface area contributed by atoms with Crippen LogP contribution in [0, 0.1) is 11.8 Å². The average molecular weight is 409 g/mol. The Balaban J connectivity index is 1.89. The third-order valence-corrected chi connectivity index (χ3v) is 5.86. The van der Waals surface area contributed by atoms with E-state index < -0.39 is 11.3 Å². The second-order valence-corrected chi connectivity index (χ2v) is 7.63. The van der Waals surface area contributed by atoms with E-state index in [1.54, 1.807) is 0 Å². The van der Waals surface area contributed by atoms with Crippen molar-refractivity contribution in [2.75, 3.05) is 0 Å². The number of rotatable bonds is 6. The number of hydrogen-bond acceptors (Lipinski definition) is 8. The first-order valence-corrected chi connectivity index (χ1v) is 10.1. The normalized spacial score (nSPS) is 34.4. The van der Waals surface area contributed by atoms with Gasteiger partial charge in [-0.05, 0) is 118 Å². The molecule has 0 unspecified atom stereocenters. The second-order valence-electron chi connectivity index (χ2n) is 6.90. The van der Waals surface area contributed by atoms with E-state index in [0.29, 0.717) is 11.8 Å². The minimum atomic E-state index is -0.510. The molecule has 0 atom stereocenters. The van der Waals surface area contributed by atoms with Crippen LogP contribution in [0.1, 0.15) is 57.8 Å². The number of nitrogens with zero attached hydrogens (tertiary/aromatic N) is 4. The zero-order valence-electron chi connectivity index (χ0n) is 13.9. The highest BCUT2D eigenvalue weighted by Crippen LogP contribution is 2.43. The summed E-state index contributed by atoms with van der Waals surface area (Å²) in [7, 11) is 0. The summed E-state index contributed by atoms with van der Waals surface area (Å²) in [6.07, 6.45) is 9.02. The molecule has 2 rings (SSSR count). The van der Waals surface area contributed by atoms with Crippen molar-refractivity contribution in [1.29, 1.82) is 0 Å². The number of thiocarbonyl (C=S) groups is 4. The van der Waals surface area contributed by atoms with Gasteiger partial charge in [0.25, 0.3) is 0 Å². The molecule has 2 saturated carbocycles. The van der Waals surface area contributed by atoms with Gasteiger partial charge >= 0.3 is 0 Å². The topological polar surface area (TPSA) is 49.4 Å². The van der Waals surface area contributed by atoms with E-state index in [-0.39, 0.29) is 0 Å². The summed E-state index contributed by atoms with van der Waals surface area (Å²) >= 11 is 19.0. The molecular formula is C17H20N4S4. The lowest BCUT2D eigenvalue weighted by Crippen LogP contribution is -2.33. The smallest absolute Gasteiger partial charge is 0.170 e. The lowest BCUT2D eigenvalue weighted by molar-refractivity contribution is 0.173. The fourth-order valence-electron chi connectivity index (χ4n) is 4.06. The summed E-state index contributed by atoms with van der Waals surface area (Å²) in [6.45, 7) is 0. The van der Waals surface area contributed by atoms with E-state index >= 15 is 0 Å². The zero-order chi connectivity index (χ0) is 18.2. The largest absolute Gasteiger partial charge is 0.201 e. The second kappa shape index (κ2) is 9.78. The number of isothiocyanates is 4. The van der Waals surface area contributed by atoms with Crippen molar-refractivity contribution in [2.24, 2.45) is 31.8 Å². The van der Waals surface area contributed by atoms with Crippen LogP contribution in [0.25, 0.3) is 0 Å². The van der Waals surface area contributed by atoms with Crippen LogP contribution in [0.3, 0.4) is 0 Å². The predicted molar refractivity (Wildman–Crippen MR) is 114 cm³/mol. The van der Waals surface area contributed by atoms with Crippen LogP contribution in [0.5, 0.6) is 0 Å². The van der Waals surface area contributed by atoms with Crippen molar-refractivity contribution in [3.63, 3.8) is 0 Å². The summed E-state index contributed by atoms with van der Waals surface area (Å²) < 4.78 is 0. The molecule has 0 aromatic rings. The molecule has 0 amide bonds. The quantitative estimate of drug-likeness (QED) is 0.426. The van der Waals surface area contributed by atoms with E-state index in [4.69, 9.17) is 48.9 Å². The third-order valence-electron chi connectivity index (χ3n) is 5.49. The first kappa shape index (κ1) is 20.5. The zero-order valence-corrected chi connectivity index (χ0v) is 17.2. The van der Waals surface area contributed by atoms with Gasteiger partial charge in [-0.3, -0.25) is 0 Å². The molecule has 4 nitrogen and oxygen atoms in total. The van der Waals surface area contributed by atoms with Gasteiger partial charge in [0, 0.05) is 0 Å².